The minimum atomic E-state index is -0.360. The fourth-order valence-electron chi connectivity index (χ4n) is 3.01. The molecule has 5 heteroatoms. The SMILES string of the molecule is Cc1cccc(C(C)(C)CNC(=O)CCc2ncc(-c3ccccc3F)o2)c1. The second kappa shape index (κ2) is 8.38. The molecule has 0 saturated carbocycles. The summed E-state index contributed by atoms with van der Waals surface area (Å²) in [5.74, 6) is 0.369. The first-order valence-electron chi connectivity index (χ1n) is 9.38. The van der Waals surface area contributed by atoms with E-state index in [0.717, 1.165) is 0 Å². The predicted octanol–water partition coefficient (Wildman–Crippen LogP) is 4.82. The van der Waals surface area contributed by atoms with Gasteiger partial charge in [0.15, 0.2) is 11.7 Å². The van der Waals surface area contributed by atoms with E-state index >= 15 is 0 Å². The molecule has 3 rings (SSSR count). The number of aryl methyl sites for hydroxylation is 2. The van der Waals surface area contributed by atoms with E-state index in [1.54, 1.807) is 18.2 Å². The van der Waals surface area contributed by atoms with Crippen molar-refractivity contribution in [2.75, 3.05) is 6.54 Å². The van der Waals surface area contributed by atoms with Crippen LogP contribution in [-0.4, -0.2) is 17.4 Å². The maximum atomic E-state index is 13.8. The lowest BCUT2D eigenvalue weighted by molar-refractivity contribution is -0.121. The van der Waals surface area contributed by atoms with E-state index in [2.05, 4.69) is 49.3 Å². The molecule has 0 bridgehead atoms. The number of carbonyl (C=O) groups is 1. The molecule has 4 nitrogen and oxygen atoms in total. The van der Waals surface area contributed by atoms with Crippen LogP contribution in [0.3, 0.4) is 0 Å². The zero-order valence-electron chi connectivity index (χ0n) is 16.5. The summed E-state index contributed by atoms with van der Waals surface area (Å²) < 4.78 is 19.4. The highest BCUT2D eigenvalue weighted by atomic mass is 19.1. The number of hydrogen-bond acceptors (Lipinski definition) is 3. The first kappa shape index (κ1) is 19.8. The van der Waals surface area contributed by atoms with Crippen molar-refractivity contribution in [3.63, 3.8) is 0 Å². The number of benzene rings is 2. The Labute approximate surface area is 164 Å². The van der Waals surface area contributed by atoms with Crippen molar-refractivity contribution in [3.8, 4) is 11.3 Å². The Balaban J connectivity index is 1.53. The van der Waals surface area contributed by atoms with Gasteiger partial charge in [0.25, 0.3) is 0 Å². The summed E-state index contributed by atoms with van der Waals surface area (Å²) in [5.41, 5.74) is 2.59. The third-order valence-electron chi connectivity index (χ3n) is 4.79. The van der Waals surface area contributed by atoms with E-state index in [-0.39, 0.29) is 23.6 Å². The maximum absolute atomic E-state index is 13.8. The lowest BCUT2D eigenvalue weighted by Gasteiger charge is -2.26. The smallest absolute Gasteiger partial charge is 0.220 e. The molecule has 1 heterocycles. The van der Waals surface area contributed by atoms with Crippen molar-refractivity contribution >= 4 is 5.91 Å². The van der Waals surface area contributed by atoms with Gasteiger partial charge in [-0.3, -0.25) is 4.79 Å². The summed E-state index contributed by atoms with van der Waals surface area (Å²) in [4.78, 5) is 16.4. The lowest BCUT2D eigenvalue weighted by Crippen LogP contribution is -2.36. The van der Waals surface area contributed by atoms with Gasteiger partial charge in [0, 0.05) is 24.8 Å². The molecule has 28 heavy (non-hydrogen) atoms. The van der Waals surface area contributed by atoms with Crippen LogP contribution in [0.2, 0.25) is 0 Å². The molecule has 0 saturated heterocycles. The Bertz CT molecular complexity index is 962. The highest BCUT2D eigenvalue weighted by Crippen LogP contribution is 2.24. The first-order chi connectivity index (χ1) is 13.3. The number of halogens is 1. The van der Waals surface area contributed by atoms with Gasteiger partial charge in [0.2, 0.25) is 5.91 Å². The van der Waals surface area contributed by atoms with Crippen LogP contribution in [-0.2, 0) is 16.6 Å². The molecule has 146 valence electrons. The van der Waals surface area contributed by atoms with E-state index < -0.39 is 0 Å². The van der Waals surface area contributed by atoms with Crippen molar-refractivity contribution in [1.29, 1.82) is 0 Å². The molecule has 0 atom stereocenters. The zero-order chi connectivity index (χ0) is 20.1. The van der Waals surface area contributed by atoms with Gasteiger partial charge in [-0.2, -0.15) is 0 Å². The summed E-state index contributed by atoms with van der Waals surface area (Å²) >= 11 is 0. The molecular weight excluding hydrogens is 355 g/mol. The van der Waals surface area contributed by atoms with Gasteiger partial charge in [0.1, 0.15) is 5.82 Å². The van der Waals surface area contributed by atoms with Gasteiger partial charge >= 0.3 is 0 Å². The molecule has 2 aromatic carbocycles. The normalized spacial score (nSPS) is 11.4. The lowest BCUT2D eigenvalue weighted by atomic mass is 9.84. The molecular formula is C23H25FN2O2. The number of aromatic nitrogens is 1. The molecule has 1 aromatic heterocycles. The highest BCUT2D eigenvalue weighted by Gasteiger charge is 2.21. The van der Waals surface area contributed by atoms with Crippen molar-refractivity contribution in [3.05, 3.63) is 77.6 Å². The second-order valence-corrected chi connectivity index (χ2v) is 7.63. The molecule has 0 radical (unpaired) electrons. The van der Waals surface area contributed by atoms with Gasteiger partial charge in [-0.15, -0.1) is 0 Å². The van der Waals surface area contributed by atoms with E-state index in [1.165, 1.54) is 23.4 Å². The number of rotatable bonds is 7. The third kappa shape index (κ3) is 4.85. The highest BCUT2D eigenvalue weighted by molar-refractivity contribution is 5.76. The second-order valence-electron chi connectivity index (χ2n) is 7.63. The van der Waals surface area contributed by atoms with Gasteiger partial charge in [-0.1, -0.05) is 55.8 Å². The minimum Gasteiger partial charge on any atom is -0.441 e. The van der Waals surface area contributed by atoms with Gasteiger partial charge in [0.05, 0.1) is 11.8 Å². The maximum Gasteiger partial charge on any atom is 0.220 e. The average Bonchev–Trinajstić information content (AvgIpc) is 3.14. The average molecular weight is 380 g/mol. The first-order valence-corrected chi connectivity index (χ1v) is 9.38. The van der Waals surface area contributed by atoms with E-state index in [9.17, 15) is 9.18 Å². The fourth-order valence-corrected chi connectivity index (χ4v) is 3.01. The topological polar surface area (TPSA) is 55.1 Å². The summed E-state index contributed by atoms with van der Waals surface area (Å²) in [6.45, 7) is 6.82. The van der Waals surface area contributed by atoms with Crippen LogP contribution in [0.25, 0.3) is 11.3 Å². The molecule has 0 aliphatic rings. The molecule has 1 amide bonds. The number of nitrogens with one attached hydrogen (secondary N) is 1. The summed E-state index contributed by atoms with van der Waals surface area (Å²) in [6.07, 6.45) is 2.12. The van der Waals surface area contributed by atoms with Crippen molar-refractivity contribution in [1.82, 2.24) is 10.3 Å². The van der Waals surface area contributed by atoms with Crippen molar-refractivity contribution in [2.45, 2.75) is 39.0 Å². The standard InChI is InChI=1S/C23H25FN2O2/c1-16-7-6-8-17(13-16)23(2,3)15-26-21(27)11-12-22-25-14-20(28-22)18-9-4-5-10-19(18)24/h4-10,13-14H,11-12,15H2,1-3H3,(H,26,27). The van der Waals surface area contributed by atoms with Crippen LogP contribution in [0.15, 0.2) is 59.1 Å². The monoisotopic (exact) mass is 380 g/mol. The van der Waals surface area contributed by atoms with E-state index in [0.29, 0.717) is 30.2 Å². The number of carbonyl (C=O) groups excluding carboxylic acids is 1. The number of oxazole rings is 1. The van der Waals surface area contributed by atoms with Crippen LogP contribution in [0.1, 0.15) is 37.3 Å². The number of nitrogens with zero attached hydrogens (tertiary/aromatic N) is 1. The molecule has 0 unspecified atom stereocenters. The predicted molar refractivity (Wildman–Crippen MR) is 107 cm³/mol. The third-order valence-corrected chi connectivity index (χ3v) is 4.79. The van der Waals surface area contributed by atoms with Gasteiger partial charge in [-0.25, -0.2) is 9.37 Å². The summed E-state index contributed by atoms with van der Waals surface area (Å²) in [6, 6.07) is 14.7. The number of amides is 1. The van der Waals surface area contributed by atoms with E-state index in [4.69, 9.17) is 4.42 Å². The Morgan fingerprint density at radius 1 is 1.18 bits per heavy atom. The molecule has 3 aromatic rings. The van der Waals surface area contributed by atoms with Crippen LogP contribution < -0.4 is 5.32 Å². The zero-order valence-corrected chi connectivity index (χ0v) is 16.5. The van der Waals surface area contributed by atoms with Crippen LogP contribution in [0, 0.1) is 12.7 Å². The fraction of sp³-hybridized carbons (Fsp3) is 0.304. The van der Waals surface area contributed by atoms with Crippen molar-refractivity contribution in [2.24, 2.45) is 0 Å². The molecule has 0 fully saturated rings. The number of hydrogen-bond donors (Lipinski definition) is 1. The Morgan fingerprint density at radius 3 is 2.71 bits per heavy atom. The Morgan fingerprint density at radius 2 is 1.96 bits per heavy atom. The van der Waals surface area contributed by atoms with Gasteiger partial charge in [-0.05, 0) is 24.6 Å². The molecule has 0 aliphatic heterocycles. The van der Waals surface area contributed by atoms with E-state index in [1.807, 2.05) is 6.07 Å². The summed E-state index contributed by atoms with van der Waals surface area (Å²) in [5, 5.41) is 2.99. The van der Waals surface area contributed by atoms with Crippen LogP contribution >= 0.6 is 0 Å². The largest absolute Gasteiger partial charge is 0.441 e. The van der Waals surface area contributed by atoms with Gasteiger partial charge < -0.3 is 9.73 Å². The molecule has 0 aliphatic carbocycles. The molecule has 1 N–H and O–H groups in total. The quantitative estimate of drug-likeness (QED) is 0.640. The van der Waals surface area contributed by atoms with Crippen LogP contribution in [0.5, 0.6) is 0 Å². The molecule has 0 spiro atoms. The van der Waals surface area contributed by atoms with Crippen molar-refractivity contribution < 1.29 is 13.6 Å². The van der Waals surface area contributed by atoms with Crippen LogP contribution in [0.4, 0.5) is 4.39 Å². The summed E-state index contributed by atoms with van der Waals surface area (Å²) in [7, 11) is 0. The Hall–Kier alpha value is -2.95. The Kier molecular flexibility index (Phi) is 5.93. The minimum absolute atomic E-state index is 0.0635.